The van der Waals surface area contributed by atoms with Crippen molar-refractivity contribution >= 4 is 29.1 Å². The molecule has 11 heteroatoms. The van der Waals surface area contributed by atoms with Gasteiger partial charge in [0.1, 0.15) is 30.4 Å². The predicted octanol–water partition coefficient (Wildman–Crippen LogP) is 2.36. The molecule has 3 heterocycles. The van der Waals surface area contributed by atoms with Gasteiger partial charge < -0.3 is 39.3 Å². The third-order valence-corrected chi connectivity index (χ3v) is 6.23. The molecule has 0 amide bonds. The zero-order chi connectivity index (χ0) is 27.9. The Balaban J connectivity index is 0.00000441. The highest BCUT2D eigenvalue weighted by Crippen LogP contribution is 2.30. The molecule has 0 saturated heterocycles. The molecule has 3 aromatic heterocycles. The smallest absolute Gasteiger partial charge is 0.344 e. The van der Waals surface area contributed by atoms with Gasteiger partial charge in [0, 0.05) is 59.6 Å². The van der Waals surface area contributed by atoms with Crippen molar-refractivity contribution in [1.29, 1.82) is 0 Å². The van der Waals surface area contributed by atoms with Crippen molar-refractivity contribution in [2.45, 2.75) is 39.3 Å². The SMILES string of the molecule is CC(C)c1cnc(-c2cc(Cl)ccc2F)nc1Nc1ccncc1CNC[C@H](C)OC(=O)c1ccc[n+](C)c1.[I-]. The molecule has 1 aromatic carbocycles. The number of hydrogen-bond acceptors (Lipinski definition) is 7. The van der Waals surface area contributed by atoms with Crippen molar-refractivity contribution in [1.82, 2.24) is 20.3 Å². The maximum absolute atomic E-state index is 14.5. The molecule has 0 aliphatic rings. The van der Waals surface area contributed by atoms with E-state index in [1.165, 1.54) is 18.2 Å². The summed E-state index contributed by atoms with van der Waals surface area (Å²) in [7, 11) is 1.85. The van der Waals surface area contributed by atoms with Crippen LogP contribution in [0.1, 0.15) is 48.2 Å². The maximum Gasteiger partial charge on any atom is 0.344 e. The average Bonchev–Trinajstić information content (AvgIpc) is 2.91. The van der Waals surface area contributed by atoms with Crippen LogP contribution in [0.25, 0.3) is 11.4 Å². The van der Waals surface area contributed by atoms with Crippen LogP contribution in [0.2, 0.25) is 5.02 Å². The number of halogens is 3. The van der Waals surface area contributed by atoms with E-state index in [2.05, 4.69) is 25.6 Å². The Kier molecular flexibility index (Phi) is 11.3. The molecule has 4 aromatic rings. The molecule has 0 saturated carbocycles. The molecule has 0 bridgehead atoms. The molecule has 1 atom stereocenters. The quantitative estimate of drug-likeness (QED) is 0.152. The molecule has 0 fully saturated rings. The minimum Gasteiger partial charge on any atom is -1.00 e. The lowest BCUT2D eigenvalue weighted by Gasteiger charge is -2.18. The van der Waals surface area contributed by atoms with Gasteiger partial charge in [0.25, 0.3) is 0 Å². The average molecular weight is 677 g/mol. The minimum atomic E-state index is -0.451. The van der Waals surface area contributed by atoms with Gasteiger partial charge in [-0.05, 0) is 43.2 Å². The standard InChI is InChI=1S/C29H31ClFN6O2.HI/c1-18(2)24-16-34-27(23-12-22(30)7-8-25(23)31)36-28(24)35-26-9-10-32-14-21(26)15-33-13-19(3)39-29(38)20-6-5-11-37(4)17-20;/h5-12,14,16-19,33H,13,15H2,1-4H3,(H,32,34,35,36);1H/q+1;/p-1/t19-;/m0./s1. The molecular formula is C29H31ClFIN6O2. The number of pyridine rings is 2. The molecule has 0 radical (unpaired) electrons. The first-order valence-electron chi connectivity index (χ1n) is 12.6. The van der Waals surface area contributed by atoms with Crippen molar-refractivity contribution < 1.29 is 42.5 Å². The van der Waals surface area contributed by atoms with Crippen LogP contribution in [-0.2, 0) is 18.3 Å². The van der Waals surface area contributed by atoms with Gasteiger partial charge in [-0.3, -0.25) is 4.98 Å². The fourth-order valence-electron chi connectivity index (χ4n) is 3.94. The number of hydrogen-bond donors (Lipinski definition) is 2. The first-order valence-corrected chi connectivity index (χ1v) is 13.0. The fraction of sp³-hybridized carbons (Fsp3) is 0.276. The summed E-state index contributed by atoms with van der Waals surface area (Å²) in [4.78, 5) is 25.7. The van der Waals surface area contributed by atoms with Gasteiger partial charge in [-0.15, -0.1) is 0 Å². The zero-order valence-corrected chi connectivity index (χ0v) is 25.6. The normalized spacial score (nSPS) is 11.6. The van der Waals surface area contributed by atoms with Gasteiger partial charge in [-0.25, -0.2) is 23.7 Å². The third-order valence-electron chi connectivity index (χ3n) is 6.00. The summed E-state index contributed by atoms with van der Waals surface area (Å²) in [6, 6.07) is 9.67. The number of aryl methyl sites for hydroxylation is 1. The number of rotatable bonds is 10. The number of nitrogens with one attached hydrogen (secondary N) is 2. The van der Waals surface area contributed by atoms with E-state index in [4.69, 9.17) is 16.3 Å². The van der Waals surface area contributed by atoms with E-state index in [9.17, 15) is 9.18 Å². The highest BCUT2D eigenvalue weighted by Gasteiger charge is 2.17. The summed E-state index contributed by atoms with van der Waals surface area (Å²) < 4.78 is 21.9. The Morgan fingerprint density at radius 1 is 1.18 bits per heavy atom. The van der Waals surface area contributed by atoms with Crippen LogP contribution >= 0.6 is 11.6 Å². The Labute approximate surface area is 255 Å². The van der Waals surface area contributed by atoms with Gasteiger partial charge in [-0.2, -0.15) is 0 Å². The van der Waals surface area contributed by atoms with Crippen molar-refractivity contribution in [3.63, 3.8) is 0 Å². The van der Waals surface area contributed by atoms with Gasteiger partial charge in [-0.1, -0.05) is 25.4 Å². The molecule has 0 aliphatic carbocycles. The Bertz CT molecular complexity index is 1470. The van der Waals surface area contributed by atoms with E-state index in [-0.39, 0.29) is 53.4 Å². The van der Waals surface area contributed by atoms with E-state index in [1.54, 1.807) is 41.5 Å². The second kappa shape index (κ2) is 14.4. The second-order valence-corrected chi connectivity index (χ2v) is 9.98. The van der Waals surface area contributed by atoms with Gasteiger partial charge >= 0.3 is 5.97 Å². The van der Waals surface area contributed by atoms with E-state index >= 15 is 0 Å². The van der Waals surface area contributed by atoms with Crippen molar-refractivity contribution in [3.05, 3.63) is 94.9 Å². The Morgan fingerprint density at radius 2 is 1.98 bits per heavy atom. The van der Waals surface area contributed by atoms with Crippen molar-refractivity contribution in [3.8, 4) is 11.4 Å². The van der Waals surface area contributed by atoms with E-state index < -0.39 is 5.82 Å². The van der Waals surface area contributed by atoms with Gasteiger partial charge in [0.2, 0.25) is 0 Å². The summed E-state index contributed by atoms with van der Waals surface area (Å²) in [5.41, 5.74) is 3.28. The van der Waals surface area contributed by atoms with Crippen LogP contribution in [-0.4, -0.2) is 33.6 Å². The number of esters is 1. The number of ether oxygens (including phenoxy) is 1. The summed E-state index contributed by atoms with van der Waals surface area (Å²) in [6.45, 7) is 6.83. The van der Waals surface area contributed by atoms with Crippen LogP contribution < -0.4 is 39.2 Å². The number of aromatic nitrogens is 4. The van der Waals surface area contributed by atoms with Crippen LogP contribution in [0, 0.1) is 5.82 Å². The molecule has 210 valence electrons. The third kappa shape index (κ3) is 8.15. The Morgan fingerprint density at radius 3 is 2.73 bits per heavy atom. The monoisotopic (exact) mass is 676 g/mol. The van der Waals surface area contributed by atoms with Crippen molar-refractivity contribution in [2.24, 2.45) is 7.05 Å². The molecule has 4 rings (SSSR count). The molecule has 2 N–H and O–H groups in total. The highest BCUT2D eigenvalue weighted by atomic mass is 127. The van der Waals surface area contributed by atoms with Gasteiger partial charge in [0.05, 0.1) is 5.56 Å². The van der Waals surface area contributed by atoms with E-state index in [1.807, 2.05) is 40.1 Å². The van der Waals surface area contributed by atoms with Crippen LogP contribution in [0.5, 0.6) is 0 Å². The number of carbonyl (C=O) groups excluding carboxylic acids is 1. The summed E-state index contributed by atoms with van der Waals surface area (Å²) >= 11 is 6.09. The van der Waals surface area contributed by atoms with Crippen LogP contribution in [0.4, 0.5) is 15.9 Å². The number of nitrogens with zero attached hydrogens (tertiary/aromatic N) is 4. The maximum atomic E-state index is 14.5. The van der Waals surface area contributed by atoms with E-state index in [0.717, 1.165) is 16.8 Å². The van der Waals surface area contributed by atoms with E-state index in [0.29, 0.717) is 29.5 Å². The van der Waals surface area contributed by atoms with Crippen LogP contribution in [0.3, 0.4) is 0 Å². The lowest BCUT2D eigenvalue weighted by molar-refractivity contribution is -0.671. The Hall–Kier alpha value is -3.22. The zero-order valence-electron chi connectivity index (χ0n) is 22.7. The number of benzene rings is 1. The fourth-order valence-corrected chi connectivity index (χ4v) is 4.11. The summed E-state index contributed by atoms with van der Waals surface area (Å²) in [6.07, 6.45) is 8.37. The molecule has 0 spiro atoms. The molecule has 40 heavy (non-hydrogen) atoms. The van der Waals surface area contributed by atoms with Gasteiger partial charge in [0.15, 0.2) is 18.2 Å². The lowest BCUT2D eigenvalue weighted by atomic mass is 10.1. The first kappa shape index (κ1) is 31.3. The largest absolute Gasteiger partial charge is 1.00 e. The van der Waals surface area contributed by atoms with Crippen molar-refractivity contribution in [2.75, 3.05) is 11.9 Å². The highest BCUT2D eigenvalue weighted by molar-refractivity contribution is 6.30. The molecule has 0 aliphatic heterocycles. The van der Waals surface area contributed by atoms with Crippen LogP contribution in [0.15, 0.2) is 67.4 Å². The lowest BCUT2D eigenvalue weighted by Crippen LogP contribution is -3.00. The topological polar surface area (TPSA) is 92.9 Å². The number of carbonyl (C=O) groups is 1. The summed E-state index contributed by atoms with van der Waals surface area (Å²) in [5.74, 6) is 0.100. The number of anilines is 2. The molecule has 8 nitrogen and oxygen atoms in total. The molecule has 0 unspecified atom stereocenters. The minimum absolute atomic E-state index is 0. The predicted molar refractivity (Wildman–Crippen MR) is 148 cm³/mol. The second-order valence-electron chi connectivity index (χ2n) is 9.54. The summed E-state index contributed by atoms with van der Waals surface area (Å²) in [5, 5.41) is 7.11. The first-order chi connectivity index (χ1) is 18.7. The molecular weight excluding hydrogens is 646 g/mol.